The first-order valence-corrected chi connectivity index (χ1v) is 14.0. The Bertz CT molecular complexity index is 1570. The van der Waals surface area contributed by atoms with Crippen LogP contribution in [0.2, 0.25) is 0 Å². The van der Waals surface area contributed by atoms with Crippen molar-refractivity contribution in [2.45, 2.75) is 44.9 Å². The lowest BCUT2D eigenvalue weighted by Gasteiger charge is -2.54. The van der Waals surface area contributed by atoms with Gasteiger partial charge in [-0.05, 0) is 36.1 Å². The van der Waals surface area contributed by atoms with Crippen LogP contribution >= 0.6 is 0 Å². The molecule has 1 aromatic heterocycles. The SMILES string of the molecule is Cc1ccc(C[C@H]2C(=O)N(Cc3ccc4cn[nH]c4c3)C[C@H]3N2C(=O)CN(C)N3C(=O)CCc2ccccc2)cc1. The van der Waals surface area contributed by atoms with E-state index in [9.17, 15) is 14.4 Å². The maximum absolute atomic E-state index is 14.1. The van der Waals surface area contributed by atoms with Gasteiger partial charge in [-0.1, -0.05) is 72.3 Å². The van der Waals surface area contributed by atoms with Gasteiger partial charge in [0.1, 0.15) is 12.2 Å². The van der Waals surface area contributed by atoms with Gasteiger partial charge >= 0.3 is 0 Å². The summed E-state index contributed by atoms with van der Waals surface area (Å²) >= 11 is 0. The van der Waals surface area contributed by atoms with E-state index in [1.165, 1.54) is 0 Å². The summed E-state index contributed by atoms with van der Waals surface area (Å²) in [6.07, 6.45) is 2.47. The molecule has 0 bridgehead atoms. The van der Waals surface area contributed by atoms with Gasteiger partial charge in [-0.25, -0.2) is 5.01 Å². The van der Waals surface area contributed by atoms with Crippen LogP contribution in [-0.4, -0.2) is 80.1 Å². The fourth-order valence-electron chi connectivity index (χ4n) is 5.97. The van der Waals surface area contributed by atoms with Crippen molar-refractivity contribution in [3.8, 4) is 0 Å². The third-order valence-electron chi connectivity index (χ3n) is 8.09. The first-order valence-electron chi connectivity index (χ1n) is 14.0. The van der Waals surface area contributed by atoms with Crippen LogP contribution in [0.1, 0.15) is 28.7 Å². The second-order valence-electron chi connectivity index (χ2n) is 11.0. The monoisotopic (exact) mass is 550 g/mol. The van der Waals surface area contributed by atoms with E-state index in [2.05, 4.69) is 10.2 Å². The standard InChI is InChI=1S/C32H34N6O3/c1-22-8-10-24(11-9-22)17-28-32(41)36(19-25-12-14-26-18-33-34-27(26)16-25)20-29-37(28)31(40)21-35(2)38(29)30(39)15-13-23-6-4-3-5-7-23/h3-12,14,16,18,28-29H,13,15,17,19-21H2,1-2H3,(H,33,34)/t28-,29-/m0/s1. The lowest BCUT2D eigenvalue weighted by atomic mass is 9.97. The number of benzene rings is 3. The van der Waals surface area contributed by atoms with Crippen LogP contribution in [0.4, 0.5) is 0 Å². The number of carbonyl (C=O) groups is 3. The highest BCUT2D eigenvalue weighted by atomic mass is 16.2. The predicted molar refractivity (Wildman–Crippen MR) is 155 cm³/mol. The van der Waals surface area contributed by atoms with Crippen molar-refractivity contribution in [3.05, 3.63) is 101 Å². The first-order chi connectivity index (χ1) is 19.9. The number of hydrogen-bond donors (Lipinski definition) is 1. The zero-order valence-electron chi connectivity index (χ0n) is 23.4. The van der Waals surface area contributed by atoms with E-state index < -0.39 is 12.2 Å². The Hall–Kier alpha value is -4.50. The van der Waals surface area contributed by atoms with Crippen molar-refractivity contribution in [1.82, 2.24) is 30.0 Å². The van der Waals surface area contributed by atoms with E-state index in [0.717, 1.165) is 33.2 Å². The van der Waals surface area contributed by atoms with Crippen LogP contribution < -0.4 is 0 Å². The second kappa shape index (κ2) is 11.2. The Morgan fingerprint density at radius 2 is 1.73 bits per heavy atom. The molecule has 3 aromatic carbocycles. The number of aromatic nitrogens is 2. The third-order valence-corrected chi connectivity index (χ3v) is 8.09. The minimum atomic E-state index is -0.710. The Labute approximate surface area is 239 Å². The molecular formula is C32H34N6O3. The van der Waals surface area contributed by atoms with Crippen molar-refractivity contribution >= 4 is 28.6 Å². The molecule has 0 unspecified atom stereocenters. The van der Waals surface area contributed by atoms with Gasteiger partial charge in [0.15, 0.2) is 0 Å². The number of fused-ring (bicyclic) bond motifs is 2. The van der Waals surface area contributed by atoms with Crippen LogP contribution in [-0.2, 0) is 33.8 Å². The van der Waals surface area contributed by atoms with Gasteiger partial charge in [0, 0.05) is 31.8 Å². The summed E-state index contributed by atoms with van der Waals surface area (Å²) in [6.45, 7) is 2.67. The predicted octanol–water partition coefficient (Wildman–Crippen LogP) is 3.30. The average Bonchev–Trinajstić information content (AvgIpc) is 3.44. The Morgan fingerprint density at radius 1 is 0.976 bits per heavy atom. The molecule has 4 aromatic rings. The van der Waals surface area contributed by atoms with E-state index in [1.54, 1.807) is 33.1 Å². The van der Waals surface area contributed by atoms with Gasteiger partial charge in [0.05, 0.1) is 24.8 Å². The number of piperazine rings is 1. The zero-order valence-corrected chi connectivity index (χ0v) is 23.4. The largest absolute Gasteiger partial charge is 0.333 e. The van der Waals surface area contributed by atoms with Crippen molar-refractivity contribution in [1.29, 1.82) is 0 Å². The molecule has 41 heavy (non-hydrogen) atoms. The van der Waals surface area contributed by atoms with Crippen molar-refractivity contribution < 1.29 is 14.4 Å². The van der Waals surface area contributed by atoms with Gasteiger partial charge in [0.2, 0.25) is 17.7 Å². The van der Waals surface area contributed by atoms with Gasteiger partial charge in [0.25, 0.3) is 0 Å². The molecule has 0 saturated carbocycles. The smallest absolute Gasteiger partial charge is 0.246 e. The fraction of sp³-hybridized carbons (Fsp3) is 0.312. The Balaban J connectivity index is 1.32. The highest BCUT2D eigenvalue weighted by molar-refractivity contribution is 5.92. The molecule has 3 heterocycles. The fourth-order valence-corrected chi connectivity index (χ4v) is 5.97. The maximum Gasteiger partial charge on any atom is 0.246 e. The molecule has 2 saturated heterocycles. The number of aryl methyl sites for hydroxylation is 2. The molecule has 0 radical (unpaired) electrons. The van der Waals surface area contributed by atoms with Gasteiger partial charge in [-0.3, -0.25) is 24.5 Å². The number of nitrogens with zero attached hydrogens (tertiary/aromatic N) is 5. The normalized spacial score (nSPS) is 19.6. The average molecular weight is 551 g/mol. The van der Waals surface area contributed by atoms with Crippen molar-refractivity contribution in [2.75, 3.05) is 20.1 Å². The van der Waals surface area contributed by atoms with Crippen LogP contribution in [0.3, 0.4) is 0 Å². The van der Waals surface area contributed by atoms with Crippen LogP contribution in [0, 0.1) is 6.92 Å². The van der Waals surface area contributed by atoms with Crippen molar-refractivity contribution in [2.24, 2.45) is 0 Å². The molecule has 0 aliphatic carbocycles. The molecule has 2 aliphatic heterocycles. The molecule has 2 fully saturated rings. The summed E-state index contributed by atoms with van der Waals surface area (Å²) < 4.78 is 0. The number of hydrazine groups is 1. The molecule has 0 spiro atoms. The van der Waals surface area contributed by atoms with E-state index in [1.807, 2.05) is 79.7 Å². The van der Waals surface area contributed by atoms with Gasteiger partial charge in [-0.15, -0.1) is 0 Å². The number of likely N-dealkylation sites (N-methyl/N-ethyl adjacent to an activating group) is 1. The molecule has 2 aliphatic rings. The molecule has 9 nitrogen and oxygen atoms in total. The number of aromatic amines is 1. The molecule has 6 rings (SSSR count). The van der Waals surface area contributed by atoms with Gasteiger partial charge in [-0.2, -0.15) is 5.10 Å². The van der Waals surface area contributed by atoms with Crippen LogP contribution in [0.25, 0.3) is 10.9 Å². The zero-order chi connectivity index (χ0) is 28.5. The Morgan fingerprint density at radius 3 is 2.51 bits per heavy atom. The van der Waals surface area contributed by atoms with E-state index in [0.29, 0.717) is 25.8 Å². The number of nitrogens with one attached hydrogen (secondary N) is 1. The first kappa shape index (κ1) is 26.7. The number of H-pyrrole nitrogens is 1. The summed E-state index contributed by atoms with van der Waals surface area (Å²) in [5.74, 6) is -0.323. The molecular weight excluding hydrogens is 516 g/mol. The maximum atomic E-state index is 14.1. The lowest BCUT2D eigenvalue weighted by Crippen LogP contribution is -2.75. The summed E-state index contributed by atoms with van der Waals surface area (Å²) in [6, 6.07) is 23.2. The minimum absolute atomic E-state index is 0.0434. The van der Waals surface area contributed by atoms with Crippen molar-refractivity contribution in [3.63, 3.8) is 0 Å². The number of amides is 3. The summed E-state index contributed by atoms with van der Waals surface area (Å²) in [5, 5.41) is 11.5. The number of carbonyl (C=O) groups excluding carboxylic acids is 3. The number of hydrogen-bond acceptors (Lipinski definition) is 5. The summed E-state index contributed by atoms with van der Waals surface area (Å²) in [5.41, 5.74) is 5.04. The van der Waals surface area contributed by atoms with E-state index >= 15 is 0 Å². The molecule has 3 amide bonds. The Kier molecular flexibility index (Phi) is 7.28. The molecule has 210 valence electrons. The highest BCUT2D eigenvalue weighted by Gasteiger charge is 2.50. The van der Waals surface area contributed by atoms with Gasteiger partial charge < -0.3 is 9.80 Å². The molecule has 9 heteroatoms. The number of rotatable bonds is 7. The second-order valence-corrected chi connectivity index (χ2v) is 11.0. The third kappa shape index (κ3) is 5.45. The quantitative estimate of drug-likeness (QED) is 0.381. The lowest BCUT2D eigenvalue weighted by molar-refractivity contribution is -0.202. The van der Waals surface area contributed by atoms with Crippen LogP contribution in [0.15, 0.2) is 79.0 Å². The molecule has 2 atom stereocenters. The highest BCUT2D eigenvalue weighted by Crippen LogP contribution is 2.29. The van der Waals surface area contributed by atoms with E-state index in [4.69, 9.17) is 0 Å². The topological polar surface area (TPSA) is 92.8 Å². The van der Waals surface area contributed by atoms with Crippen LogP contribution in [0.5, 0.6) is 0 Å². The summed E-state index contributed by atoms with van der Waals surface area (Å²) in [4.78, 5) is 44.8. The minimum Gasteiger partial charge on any atom is -0.333 e. The van der Waals surface area contributed by atoms with E-state index in [-0.39, 0.29) is 30.8 Å². The molecule has 1 N–H and O–H groups in total. The summed E-state index contributed by atoms with van der Waals surface area (Å²) in [7, 11) is 1.78.